The van der Waals surface area contributed by atoms with E-state index in [2.05, 4.69) is 4.99 Å². The van der Waals surface area contributed by atoms with E-state index < -0.39 is 8.87 Å². The van der Waals surface area contributed by atoms with Crippen LogP contribution in [-0.4, -0.2) is 58.9 Å². The summed E-state index contributed by atoms with van der Waals surface area (Å²) in [6.07, 6.45) is 9.01. The summed E-state index contributed by atoms with van der Waals surface area (Å²) < 4.78 is 25.4. The van der Waals surface area contributed by atoms with E-state index in [1.165, 1.54) is 6.26 Å². The predicted octanol–water partition coefficient (Wildman–Crippen LogP) is 2.72. The summed E-state index contributed by atoms with van der Waals surface area (Å²) >= 11 is 0. The fourth-order valence-electron chi connectivity index (χ4n) is 2.07. The quantitative estimate of drug-likeness (QED) is 0.468. The van der Waals surface area contributed by atoms with Gasteiger partial charge in [0.1, 0.15) is 14.1 Å². The highest BCUT2D eigenvalue weighted by Gasteiger charge is 2.13. The third-order valence-electron chi connectivity index (χ3n) is 3.32. The van der Waals surface area contributed by atoms with Crippen molar-refractivity contribution in [2.75, 3.05) is 39.3 Å². The van der Waals surface area contributed by atoms with Crippen molar-refractivity contribution in [3.8, 4) is 0 Å². The Morgan fingerprint density at radius 2 is 1.71 bits per heavy atom. The number of benzene rings is 1. The van der Waals surface area contributed by atoms with Gasteiger partial charge in [0.05, 0.1) is 16.3 Å². The van der Waals surface area contributed by atoms with Gasteiger partial charge in [-0.1, -0.05) is 0 Å². The molecule has 0 spiro atoms. The summed E-state index contributed by atoms with van der Waals surface area (Å²) in [7, 11) is 5.40. The number of hydrogen-bond donors (Lipinski definition) is 0. The van der Waals surface area contributed by atoms with Crippen LogP contribution in [0.15, 0.2) is 52.4 Å². The highest BCUT2D eigenvalue weighted by Crippen LogP contribution is 2.36. The zero-order valence-electron chi connectivity index (χ0n) is 14.5. The molecule has 1 aromatic rings. The van der Waals surface area contributed by atoms with Crippen LogP contribution in [0.4, 0.5) is 11.4 Å². The Hall–Kier alpha value is -1.86. The molecule has 24 heavy (non-hydrogen) atoms. The SMILES string of the molecule is CN(C)c1ccc(N=C2C=CC(=[N+](C)C)C=C2)c(SS(C)(=O)=O)c1. The molecule has 0 heterocycles. The van der Waals surface area contributed by atoms with E-state index in [1.807, 2.05) is 80.2 Å². The first-order valence-electron chi connectivity index (χ1n) is 7.36. The molecular weight excluding hydrogens is 342 g/mol. The van der Waals surface area contributed by atoms with Crippen LogP contribution in [0.1, 0.15) is 0 Å². The second-order valence-electron chi connectivity index (χ2n) is 5.86. The lowest BCUT2D eigenvalue weighted by Crippen LogP contribution is -2.11. The normalized spacial score (nSPS) is 14.0. The summed E-state index contributed by atoms with van der Waals surface area (Å²) in [5.41, 5.74) is 3.45. The van der Waals surface area contributed by atoms with E-state index in [4.69, 9.17) is 0 Å². The first kappa shape index (κ1) is 18.5. The Morgan fingerprint density at radius 1 is 1.08 bits per heavy atom. The molecule has 7 heteroatoms. The van der Waals surface area contributed by atoms with Crippen molar-refractivity contribution >= 4 is 42.5 Å². The van der Waals surface area contributed by atoms with Crippen molar-refractivity contribution in [2.24, 2.45) is 4.99 Å². The third kappa shape index (κ3) is 5.07. The zero-order chi connectivity index (χ0) is 17.9. The Labute approximate surface area is 147 Å². The van der Waals surface area contributed by atoms with E-state index >= 15 is 0 Å². The van der Waals surface area contributed by atoms with Gasteiger partial charge in [0.15, 0.2) is 5.71 Å². The molecule has 0 aromatic heterocycles. The van der Waals surface area contributed by atoms with Gasteiger partial charge in [0.2, 0.25) is 8.87 Å². The minimum Gasteiger partial charge on any atom is -0.378 e. The summed E-state index contributed by atoms with van der Waals surface area (Å²) in [4.78, 5) is 7.16. The fraction of sp³-hybridized carbons (Fsp3) is 0.294. The number of rotatable bonds is 4. The summed E-state index contributed by atoms with van der Waals surface area (Å²) in [6.45, 7) is 0. The van der Waals surface area contributed by atoms with Gasteiger partial charge in [0, 0.05) is 49.0 Å². The van der Waals surface area contributed by atoms with Crippen LogP contribution >= 0.6 is 10.8 Å². The van der Waals surface area contributed by atoms with Gasteiger partial charge in [-0.3, -0.25) is 0 Å². The van der Waals surface area contributed by atoms with E-state index in [-0.39, 0.29) is 0 Å². The first-order chi connectivity index (χ1) is 11.2. The van der Waals surface area contributed by atoms with E-state index in [9.17, 15) is 8.42 Å². The van der Waals surface area contributed by atoms with Gasteiger partial charge in [-0.15, -0.1) is 0 Å². The molecule has 0 aliphatic heterocycles. The molecule has 0 saturated carbocycles. The molecule has 5 nitrogen and oxygen atoms in total. The summed E-state index contributed by atoms with van der Waals surface area (Å²) in [5.74, 6) is 0. The monoisotopic (exact) mass is 364 g/mol. The van der Waals surface area contributed by atoms with Crippen LogP contribution in [0.5, 0.6) is 0 Å². The topological polar surface area (TPSA) is 52.8 Å². The summed E-state index contributed by atoms with van der Waals surface area (Å²) in [5, 5.41) is 0. The van der Waals surface area contributed by atoms with Gasteiger partial charge in [-0.2, -0.15) is 0 Å². The minimum absolute atomic E-state index is 0.625. The molecule has 128 valence electrons. The molecule has 0 radical (unpaired) electrons. The maximum Gasteiger partial charge on any atom is 0.203 e. The lowest BCUT2D eigenvalue weighted by atomic mass is 10.1. The van der Waals surface area contributed by atoms with Crippen LogP contribution in [0.3, 0.4) is 0 Å². The largest absolute Gasteiger partial charge is 0.378 e. The maximum atomic E-state index is 11.7. The van der Waals surface area contributed by atoms with E-state index in [1.54, 1.807) is 0 Å². The van der Waals surface area contributed by atoms with Crippen molar-refractivity contribution < 1.29 is 13.0 Å². The minimum atomic E-state index is -3.22. The Bertz CT molecular complexity index is 842. The average Bonchev–Trinajstić information content (AvgIpc) is 2.48. The molecule has 0 atom stereocenters. The van der Waals surface area contributed by atoms with Crippen LogP contribution < -0.4 is 4.90 Å². The molecule has 0 bridgehead atoms. The van der Waals surface area contributed by atoms with Crippen molar-refractivity contribution in [3.05, 3.63) is 42.5 Å². The van der Waals surface area contributed by atoms with Crippen LogP contribution in [0, 0.1) is 0 Å². The number of nitrogens with zero attached hydrogens (tertiary/aromatic N) is 3. The van der Waals surface area contributed by atoms with Gasteiger partial charge in [-0.25, -0.2) is 18.0 Å². The van der Waals surface area contributed by atoms with E-state index in [0.29, 0.717) is 10.6 Å². The maximum absolute atomic E-state index is 11.7. The Morgan fingerprint density at radius 3 is 2.21 bits per heavy atom. The molecule has 0 fully saturated rings. The Balaban J connectivity index is 2.43. The molecule has 0 N–H and O–H groups in total. The second kappa shape index (κ2) is 7.36. The van der Waals surface area contributed by atoms with Crippen molar-refractivity contribution in [1.82, 2.24) is 0 Å². The van der Waals surface area contributed by atoms with Crippen molar-refractivity contribution in [1.29, 1.82) is 0 Å². The van der Waals surface area contributed by atoms with Crippen molar-refractivity contribution in [2.45, 2.75) is 4.90 Å². The Kier molecular flexibility index (Phi) is 5.66. The molecule has 0 unspecified atom stereocenters. The number of hydrogen-bond acceptors (Lipinski definition) is 5. The number of anilines is 1. The molecule has 0 saturated heterocycles. The lowest BCUT2D eigenvalue weighted by molar-refractivity contribution is -0.462. The van der Waals surface area contributed by atoms with Crippen LogP contribution in [0.2, 0.25) is 0 Å². The van der Waals surface area contributed by atoms with Crippen LogP contribution in [-0.2, 0) is 8.87 Å². The smallest absolute Gasteiger partial charge is 0.203 e. The highest BCUT2D eigenvalue weighted by molar-refractivity contribution is 8.71. The molecule has 1 aliphatic carbocycles. The van der Waals surface area contributed by atoms with Crippen LogP contribution in [0.25, 0.3) is 0 Å². The highest BCUT2D eigenvalue weighted by atomic mass is 33.1. The molecule has 0 amide bonds. The zero-order valence-corrected chi connectivity index (χ0v) is 16.1. The van der Waals surface area contributed by atoms with Gasteiger partial charge >= 0.3 is 0 Å². The predicted molar refractivity (Wildman–Crippen MR) is 104 cm³/mol. The standard InChI is InChI=1S/C17H22N3O2S2/c1-19(2)14-8-6-13(7-9-14)18-16-11-10-15(20(3)4)12-17(16)23-24(5,21)22/h6-12H,1-5H3/q+1. The molecule has 1 aromatic carbocycles. The van der Waals surface area contributed by atoms with Gasteiger partial charge in [-0.05, 0) is 30.4 Å². The number of aliphatic imine (C=N–C) groups is 1. The lowest BCUT2D eigenvalue weighted by Gasteiger charge is -2.15. The average molecular weight is 365 g/mol. The first-order valence-corrected chi connectivity index (χ1v) is 10.6. The molecule has 2 rings (SSSR count). The molecule has 1 aliphatic rings. The van der Waals surface area contributed by atoms with Gasteiger partial charge < -0.3 is 4.90 Å². The summed E-state index contributed by atoms with van der Waals surface area (Å²) in [6, 6.07) is 5.63. The van der Waals surface area contributed by atoms with E-state index in [0.717, 1.165) is 27.9 Å². The van der Waals surface area contributed by atoms with Gasteiger partial charge in [0.25, 0.3) is 0 Å². The fourth-order valence-corrected chi connectivity index (χ4v) is 4.14. The number of allylic oxidation sites excluding steroid dienone is 4. The second-order valence-corrected chi connectivity index (χ2v) is 10.2. The molecular formula is C17H22N3O2S2+. The van der Waals surface area contributed by atoms with Crippen molar-refractivity contribution in [3.63, 3.8) is 0 Å². The third-order valence-corrected chi connectivity index (χ3v) is 5.57.